The largest absolute Gasteiger partial charge is 0.397 e. The Kier molecular flexibility index (Phi) is 3.38. The van der Waals surface area contributed by atoms with Gasteiger partial charge in [0, 0.05) is 5.70 Å². The second-order valence-electron chi connectivity index (χ2n) is 2.76. The minimum absolute atomic E-state index is 0.133. The highest BCUT2D eigenvalue weighted by molar-refractivity contribution is 6.32. The van der Waals surface area contributed by atoms with Gasteiger partial charge in [0.15, 0.2) is 0 Å². The van der Waals surface area contributed by atoms with E-state index < -0.39 is 0 Å². The molecule has 0 aliphatic heterocycles. The molecule has 0 amide bonds. The number of benzene rings is 1. The number of nitrogens with zero attached hydrogens (tertiary/aromatic N) is 1. The lowest BCUT2D eigenvalue weighted by molar-refractivity contribution is 1.36. The fourth-order valence-corrected chi connectivity index (χ4v) is 0.999. The molecule has 0 atom stereocenters. The predicted molar refractivity (Wildman–Crippen MR) is 58.6 cm³/mol. The van der Waals surface area contributed by atoms with E-state index in [1.54, 1.807) is 13.0 Å². The van der Waals surface area contributed by atoms with Crippen molar-refractivity contribution in [2.75, 3.05) is 11.1 Å². The molecule has 0 unspecified atom stereocenters. The van der Waals surface area contributed by atoms with Crippen molar-refractivity contribution < 1.29 is 0 Å². The van der Waals surface area contributed by atoms with Crippen molar-refractivity contribution >= 4 is 23.0 Å². The molecule has 0 bridgehead atoms. The van der Waals surface area contributed by atoms with Crippen molar-refractivity contribution in [1.29, 1.82) is 5.26 Å². The first-order valence-corrected chi connectivity index (χ1v) is 4.41. The molecule has 14 heavy (non-hydrogen) atoms. The van der Waals surface area contributed by atoms with Crippen LogP contribution in [0.25, 0.3) is 0 Å². The van der Waals surface area contributed by atoms with Gasteiger partial charge in [-0.25, -0.2) is 0 Å². The van der Waals surface area contributed by atoms with Gasteiger partial charge in [0.2, 0.25) is 0 Å². The topological polar surface area (TPSA) is 61.8 Å². The molecular weight excluding hydrogens is 198 g/mol. The maximum atomic E-state index is 8.54. The molecule has 0 aliphatic carbocycles. The zero-order chi connectivity index (χ0) is 10.6. The van der Waals surface area contributed by atoms with Crippen molar-refractivity contribution in [2.45, 2.75) is 6.92 Å². The van der Waals surface area contributed by atoms with E-state index in [-0.39, 0.29) is 5.03 Å². The van der Waals surface area contributed by atoms with Crippen LogP contribution in [0.1, 0.15) is 6.92 Å². The molecule has 0 spiro atoms. The molecule has 4 heteroatoms. The van der Waals surface area contributed by atoms with E-state index in [1.165, 1.54) is 0 Å². The van der Waals surface area contributed by atoms with E-state index in [1.807, 2.05) is 24.3 Å². The first-order chi connectivity index (χ1) is 6.65. The lowest BCUT2D eigenvalue weighted by Gasteiger charge is -2.08. The van der Waals surface area contributed by atoms with Crippen LogP contribution in [0.5, 0.6) is 0 Å². The summed E-state index contributed by atoms with van der Waals surface area (Å²) in [6, 6.07) is 9.13. The summed E-state index contributed by atoms with van der Waals surface area (Å²) in [5.41, 5.74) is 7.66. The molecule has 0 aliphatic rings. The predicted octanol–water partition coefficient (Wildman–Crippen LogP) is 2.67. The summed E-state index contributed by atoms with van der Waals surface area (Å²) in [4.78, 5) is 0. The van der Waals surface area contributed by atoms with E-state index in [2.05, 4.69) is 5.32 Å². The van der Waals surface area contributed by atoms with Gasteiger partial charge in [-0.15, -0.1) is 0 Å². The Morgan fingerprint density at radius 2 is 2.14 bits per heavy atom. The number of rotatable bonds is 2. The lowest BCUT2D eigenvalue weighted by Crippen LogP contribution is -2.00. The smallest absolute Gasteiger partial charge is 0.137 e. The summed E-state index contributed by atoms with van der Waals surface area (Å²) in [5.74, 6) is 0. The van der Waals surface area contributed by atoms with Gasteiger partial charge in [0.1, 0.15) is 11.1 Å². The first-order valence-electron chi connectivity index (χ1n) is 4.03. The maximum Gasteiger partial charge on any atom is 0.137 e. The standard InChI is InChI=1S/C10H10ClN3/c1-7(8(11)6-12)14-10-5-3-2-4-9(10)13/h2-5,14H,13H2,1H3/b8-7-. The Morgan fingerprint density at radius 3 is 2.71 bits per heavy atom. The third kappa shape index (κ3) is 2.41. The number of para-hydroxylation sites is 2. The maximum absolute atomic E-state index is 8.54. The van der Waals surface area contributed by atoms with Crippen molar-refractivity contribution in [3.05, 3.63) is 35.0 Å². The molecule has 72 valence electrons. The van der Waals surface area contributed by atoms with Crippen molar-refractivity contribution in [3.63, 3.8) is 0 Å². The van der Waals surface area contributed by atoms with Crippen LogP contribution in [-0.4, -0.2) is 0 Å². The van der Waals surface area contributed by atoms with Crippen LogP contribution in [-0.2, 0) is 0 Å². The summed E-state index contributed by atoms with van der Waals surface area (Å²) in [5, 5.41) is 11.6. The van der Waals surface area contributed by atoms with Gasteiger partial charge in [0.05, 0.1) is 11.4 Å². The Labute approximate surface area is 87.8 Å². The molecule has 3 nitrogen and oxygen atoms in total. The highest BCUT2D eigenvalue weighted by Gasteiger charge is 2.00. The Morgan fingerprint density at radius 1 is 1.50 bits per heavy atom. The SMILES string of the molecule is C/C(Nc1ccccc1N)=C(/Cl)C#N. The summed E-state index contributed by atoms with van der Waals surface area (Å²) < 4.78 is 0. The number of nitrogens with one attached hydrogen (secondary N) is 1. The van der Waals surface area contributed by atoms with Crippen LogP contribution in [0.3, 0.4) is 0 Å². The second-order valence-corrected chi connectivity index (χ2v) is 3.14. The van der Waals surface area contributed by atoms with E-state index >= 15 is 0 Å². The van der Waals surface area contributed by atoms with Crippen LogP contribution >= 0.6 is 11.6 Å². The van der Waals surface area contributed by atoms with Crippen LogP contribution in [0.2, 0.25) is 0 Å². The fraction of sp³-hybridized carbons (Fsp3) is 0.100. The Balaban J connectivity index is 2.92. The van der Waals surface area contributed by atoms with Crippen LogP contribution in [0, 0.1) is 11.3 Å². The summed E-state index contributed by atoms with van der Waals surface area (Å²) in [6.45, 7) is 1.72. The number of nitrogen functional groups attached to an aromatic ring is 1. The molecule has 0 radical (unpaired) electrons. The number of anilines is 2. The van der Waals surface area contributed by atoms with Gasteiger partial charge in [-0.2, -0.15) is 5.26 Å². The lowest BCUT2D eigenvalue weighted by atomic mass is 10.2. The third-order valence-electron chi connectivity index (χ3n) is 1.71. The van der Waals surface area contributed by atoms with E-state index in [4.69, 9.17) is 22.6 Å². The average Bonchev–Trinajstić information content (AvgIpc) is 2.20. The molecule has 0 saturated heterocycles. The van der Waals surface area contributed by atoms with Gasteiger partial charge < -0.3 is 11.1 Å². The minimum atomic E-state index is 0.133. The van der Waals surface area contributed by atoms with E-state index in [9.17, 15) is 0 Å². The Hall–Kier alpha value is -1.66. The molecule has 0 aromatic heterocycles. The van der Waals surface area contributed by atoms with Gasteiger partial charge in [0.25, 0.3) is 0 Å². The highest BCUT2D eigenvalue weighted by atomic mass is 35.5. The molecule has 1 aromatic carbocycles. The van der Waals surface area contributed by atoms with Crippen LogP contribution < -0.4 is 11.1 Å². The average molecular weight is 208 g/mol. The number of hydrogen-bond acceptors (Lipinski definition) is 3. The second kappa shape index (κ2) is 4.54. The first kappa shape index (κ1) is 10.4. The highest BCUT2D eigenvalue weighted by Crippen LogP contribution is 2.20. The zero-order valence-electron chi connectivity index (χ0n) is 7.71. The third-order valence-corrected chi connectivity index (χ3v) is 2.08. The molecule has 1 rings (SSSR count). The van der Waals surface area contributed by atoms with Gasteiger partial charge >= 0.3 is 0 Å². The summed E-state index contributed by atoms with van der Waals surface area (Å²) in [6.07, 6.45) is 0. The minimum Gasteiger partial charge on any atom is -0.397 e. The monoisotopic (exact) mass is 207 g/mol. The van der Waals surface area contributed by atoms with Crippen LogP contribution in [0.15, 0.2) is 35.0 Å². The zero-order valence-corrected chi connectivity index (χ0v) is 8.47. The normalized spacial score (nSPS) is 11.5. The van der Waals surface area contributed by atoms with Gasteiger partial charge in [-0.05, 0) is 19.1 Å². The quantitative estimate of drug-likeness (QED) is 0.579. The van der Waals surface area contributed by atoms with Gasteiger partial charge in [-0.1, -0.05) is 23.7 Å². The van der Waals surface area contributed by atoms with E-state index in [0.29, 0.717) is 11.4 Å². The fourth-order valence-electron chi connectivity index (χ4n) is 0.952. The number of hydrogen-bond donors (Lipinski definition) is 2. The van der Waals surface area contributed by atoms with E-state index in [0.717, 1.165) is 5.69 Å². The van der Waals surface area contributed by atoms with Crippen molar-refractivity contribution in [3.8, 4) is 6.07 Å². The van der Waals surface area contributed by atoms with Crippen LogP contribution in [0.4, 0.5) is 11.4 Å². The molecule has 0 heterocycles. The number of halogens is 1. The Bertz CT molecular complexity index is 404. The number of nitrogens with two attached hydrogens (primary N) is 1. The molecule has 0 saturated carbocycles. The van der Waals surface area contributed by atoms with Gasteiger partial charge in [-0.3, -0.25) is 0 Å². The summed E-state index contributed by atoms with van der Waals surface area (Å²) >= 11 is 5.63. The molecular formula is C10H10ClN3. The van der Waals surface area contributed by atoms with Crippen molar-refractivity contribution in [2.24, 2.45) is 0 Å². The summed E-state index contributed by atoms with van der Waals surface area (Å²) in [7, 11) is 0. The number of nitriles is 1. The number of allylic oxidation sites excluding steroid dienone is 2. The molecule has 0 fully saturated rings. The molecule has 3 N–H and O–H groups in total. The van der Waals surface area contributed by atoms with Crippen molar-refractivity contribution in [1.82, 2.24) is 0 Å². The molecule has 1 aromatic rings.